The van der Waals surface area contributed by atoms with E-state index >= 15 is 0 Å². The number of para-hydroxylation sites is 1. The van der Waals surface area contributed by atoms with Crippen molar-refractivity contribution >= 4 is 11.8 Å². The summed E-state index contributed by atoms with van der Waals surface area (Å²) in [6.07, 6.45) is 0.638. The van der Waals surface area contributed by atoms with Crippen LogP contribution in [0.25, 0.3) is 0 Å². The number of benzene rings is 1. The van der Waals surface area contributed by atoms with Gasteiger partial charge in [0.25, 0.3) is 0 Å². The fourth-order valence-corrected chi connectivity index (χ4v) is 3.27. The van der Waals surface area contributed by atoms with E-state index in [1.54, 1.807) is 11.8 Å². The van der Waals surface area contributed by atoms with Crippen molar-refractivity contribution in [1.82, 2.24) is 10.1 Å². The predicted molar refractivity (Wildman–Crippen MR) is 81.2 cm³/mol. The number of ether oxygens (including phenoxy) is 1. The van der Waals surface area contributed by atoms with Crippen LogP contribution in [-0.2, 0) is 0 Å². The fraction of sp³-hybridized carbons (Fsp3) is 0.467. The second kappa shape index (κ2) is 6.07. The Kier molecular flexibility index (Phi) is 4.17. The summed E-state index contributed by atoms with van der Waals surface area (Å²) in [5, 5.41) is 4.04. The molecular weight excluding hydrogens is 286 g/mol. The Morgan fingerprint density at radius 2 is 2.19 bits per heavy atom. The second-order valence-electron chi connectivity index (χ2n) is 5.59. The predicted octanol–water partition coefficient (Wildman–Crippen LogP) is 3.34. The zero-order valence-electron chi connectivity index (χ0n) is 12.2. The first-order chi connectivity index (χ1) is 10.1. The Morgan fingerprint density at radius 1 is 1.38 bits per heavy atom. The van der Waals surface area contributed by atoms with Crippen LogP contribution in [-0.4, -0.2) is 15.9 Å². The lowest BCUT2D eigenvalue weighted by atomic mass is 10.0. The number of nitrogens with zero attached hydrogens (tertiary/aromatic N) is 2. The van der Waals surface area contributed by atoms with E-state index in [0.717, 1.165) is 22.8 Å². The van der Waals surface area contributed by atoms with Gasteiger partial charge < -0.3 is 15.0 Å². The Hall–Kier alpha value is -1.53. The van der Waals surface area contributed by atoms with Gasteiger partial charge in [-0.1, -0.05) is 31.1 Å². The highest BCUT2D eigenvalue weighted by molar-refractivity contribution is 7.99. The number of nitrogens with two attached hydrogens (primary N) is 1. The van der Waals surface area contributed by atoms with E-state index < -0.39 is 0 Å². The van der Waals surface area contributed by atoms with Crippen molar-refractivity contribution in [3.05, 3.63) is 36.0 Å². The number of rotatable bonds is 4. The van der Waals surface area contributed by atoms with Gasteiger partial charge in [0, 0.05) is 10.6 Å². The minimum absolute atomic E-state index is 0.186. The highest BCUT2D eigenvalue weighted by atomic mass is 32.2. The number of aromatic nitrogens is 2. The molecule has 1 aromatic carbocycles. The summed E-state index contributed by atoms with van der Waals surface area (Å²) in [6, 6.07) is 7.76. The van der Waals surface area contributed by atoms with Crippen LogP contribution >= 0.6 is 11.8 Å². The van der Waals surface area contributed by atoms with Gasteiger partial charge in [-0.15, -0.1) is 11.8 Å². The molecule has 0 aliphatic carbocycles. The van der Waals surface area contributed by atoms with E-state index in [2.05, 4.69) is 30.1 Å². The third-order valence-electron chi connectivity index (χ3n) is 3.30. The van der Waals surface area contributed by atoms with Gasteiger partial charge in [0.15, 0.2) is 6.10 Å². The molecule has 2 aromatic rings. The molecule has 3 rings (SSSR count). The highest BCUT2D eigenvalue weighted by Crippen LogP contribution is 2.39. The van der Waals surface area contributed by atoms with E-state index in [4.69, 9.17) is 15.0 Å². The van der Waals surface area contributed by atoms with Crippen LogP contribution in [0.2, 0.25) is 0 Å². The molecule has 0 fully saturated rings. The van der Waals surface area contributed by atoms with Crippen molar-refractivity contribution in [3.8, 4) is 5.75 Å². The second-order valence-corrected chi connectivity index (χ2v) is 6.65. The molecule has 0 amide bonds. The molecule has 0 bridgehead atoms. The van der Waals surface area contributed by atoms with Gasteiger partial charge in [-0.3, -0.25) is 0 Å². The first-order valence-electron chi connectivity index (χ1n) is 7.11. The van der Waals surface area contributed by atoms with E-state index in [1.165, 1.54) is 0 Å². The summed E-state index contributed by atoms with van der Waals surface area (Å²) < 4.78 is 11.2. The van der Waals surface area contributed by atoms with Crippen molar-refractivity contribution in [2.75, 3.05) is 5.75 Å². The fourth-order valence-electron chi connectivity index (χ4n) is 2.28. The summed E-state index contributed by atoms with van der Waals surface area (Å²) in [5.74, 6) is 3.20. The Balaban J connectivity index is 1.73. The molecule has 2 N–H and O–H groups in total. The average molecular weight is 305 g/mol. The normalized spacial score (nSPS) is 19.1. The summed E-state index contributed by atoms with van der Waals surface area (Å²) in [5.41, 5.74) is 6.07. The summed E-state index contributed by atoms with van der Waals surface area (Å²) >= 11 is 1.74. The van der Waals surface area contributed by atoms with Crippen LogP contribution in [0.1, 0.15) is 44.1 Å². The molecule has 1 unspecified atom stereocenters. The molecule has 1 aromatic heterocycles. The Labute approximate surface area is 128 Å². The van der Waals surface area contributed by atoms with Crippen LogP contribution in [0.3, 0.4) is 0 Å². The summed E-state index contributed by atoms with van der Waals surface area (Å²) in [4.78, 5) is 5.57. The summed E-state index contributed by atoms with van der Waals surface area (Å²) in [6.45, 7) is 4.24. The standard InChI is InChI=1S/C15H19N3O2S/c1-9(2)7-10(16)15-17-14(18-20-15)12-8-21-13-6-4-3-5-11(13)19-12/h3-6,9-10,12H,7-8,16H2,1-2H3/t10-,12?/m0/s1. The Morgan fingerprint density at radius 3 is 3.00 bits per heavy atom. The smallest absolute Gasteiger partial charge is 0.243 e. The monoisotopic (exact) mass is 305 g/mol. The van der Waals surface area contributed by atoms with Gasteiger partial charge in [-0.05, 0) is 24.5 Å². The SMILES string of the molecule is CC(C)C[C@H](N)c1nc(C2CSc3ccccc3O2)no1. The van der Waals surface area contributed by atoms with Crippen molar-refractivity contribution < 1.29 is 9.26 Å². The molecule has 5 nitrogen and oxygen atoms in total. The van der Waals surface area contributed by atoms with Crippen LogP contribution < -0.4 is 10.5 Å². The topological polar surface area (TPSA) is 74.2 Å². The van der Waals surface area contributed by atoms with E-state index in [9.17, 15) is 0 Å². The number of hydrogen-bond donors (Lipinski definition) is 1. The van der Waals surface area contributed by atoms with E-state index in [0.29, 0.717) is 17.6 Å². The Bertz CT molecular complexity index is 614. The minimum Gasteiger partial charge on any atom is -0.480 e. The van der Waals surface area contributed by atoms with Gasteiger partial charge in [-0.25, -0.2) is 0 Å². The number of hydrogen-bond acceptors (Lipinski definition) is 6. The molecule has 2 atom stereocenters. The minimum atomic E-state index is -0.213. The van der Waals surface area contributed by atoms with Crippen LogP contribution in [0.15, 0.2) is 33.7 Å². The zero-order valence-corrected chi connectivity index (χ0v) is 13.0. The molecule has 21 heavy (non-hydrogen) atoms. The quantitative estimate of drug-likeness (QED) is 0.933. The average Bonchev–Trinajstić information content (AvgIpc) is 2.96. The first kappa shape index (κ1) is 14.4. The summed E-state index contributed by atoms with van der Waals surface area (Å²) in [7, 11) is 0. The maximum atomic E-state index is 6.07. The third-order valence-corrected chi connectivity index (χ3v) is 4.41. The van der Waals surface area contributed by atoms with Crippen LogP contribution in [0, 0.1) is 5.92 Å². The molecule has 112 valence electrons. The van der Waals surface area contributed by atoms with Gasteiger partial charge in [0.05, 0.1) is 6.04 Å². The number of fused-ring (bicyclic) bond motifs is 1. The van der Waals surface area contributed by atoms with Crippen LogP contribution in [0.5, 0.6) is 5.75 Å². The molecule has 1 aliphatic heterocycles. The molecule has 0 radical (unpaired) electrons. The first-order valence-corrected chi connectivity index (χ1v) is 8.09. The van der Waals surface area contributed by atoms with E-state index in [1.807, 2.05) is 18.2 Å². The third kappa shape index (κ3) is 3.22. The van der Waals surface area contributed by atoms with Gasteiger partial charge >= 0.3 is 0 Å². The molecule has 0 saturated heterocycles. The molecule has 6 heteroatoms. The maximum absolute atomic E-state index is 6.07. The lowest BCUT2D eigenvalue weighted by molar-refractivity contribution is 0.204. The lowest BCUT2D eigenvalue weighted by Crippen LogP contribution is -2.17. The maximum Gasteiger partial charge on any atom is 0.243 e. The van der Waals surface area contributed by atoms with E-state index in [-0.39, 0.29) is 12.1 Å². The molecular formula is C15H19N3O2S. The lowest BCUT2D eigenvalue weighted by Gasteiger charge is -2.22. The van der Waals surface area contributed by atoms with Crippen molar-refractivity contribution in [2.24, 2.45) is 11.7 Å². The molecule has 2 heterocycles. The van der Waals surface area contributed by atoms with Gasteiger partial charge in [0.1, 0.15) is 5.75 Å². The zero-order chi connectivity index (χ0) is 14.8. The number of thioether (sulfide) groups is 1. The van der Waals surface area contributed by atoms with Crippen molar-refractivity contribution in [3.63, 3.8) is 0 Å². The van der Waals surface area contributed by atoms with Gasteiger partial charge in [-0.2, -0.15) is 4.98 Å². The van der Waals surface area contributed by atoms with Crippen molar-refractivity contribution in [1.29, 1.82) is 0 Å². The highest BCUT2D eigenvalue weighted by Gasteiger charge is 2.27. The largest absolute Gasteiger partial charge is 0.480 e. The van der Waals surface area contributed by atoms with Crippen molar-refractivity contribution in [2.45, 2.75) is 37.3 Å². The van der Waals surface area contributed by atoms with Crippen LogP contribution in [0.4, 0.5) is 0 Å². The van der Waals surface area contributed by atoms with Gasteiger partial charge in [0.2, 0.25) is 11.7 Å². The molecule has 0 spiro atoms. The molecule has 0 saturated carbocycles. The molecule has 1 aliphatic rings.